The summed E-state index contributed by atoms with van der Waals surface area (Å²) in [6.45, 7) is 0. The maximum atomic E-state index is 6.62. The highest BCUT2D eigenvalue weighted by molar-refractivity contribution is 6.28. The number of rotatable bonds is 2. The summed E-state index contributed by atoms with van der Waals surface area (Å²) < 4.78 is 12.9. The lowest BCUT2D eigenvalue weighted by atomic mass is 9.84. The number of para-hydroxylation sites is 1. The molecule has 0 spiro atoms. The van der Waals surface area contributed by atoms with Crippen molar-refractivity contribution in [3.05, 3.63) is 158 Å². The molecule has 2 heteroatoms. The molecule has 0 fully saturated rings. The van der Waals surface area contributed by atoms with Crippen LogP contribution in [0.15, 0.2) is 167 Å². The first kappa shape index (κ1) is 26.3. The topological polar surface area (TPSA) is 26.3 Å². The Morgan fingerprint density at radius 1 is 0.260 bits per heavy atom. The van der Waals surface area contributed by atoms with Crippen LogP contribution in [0.5, 0.6) is 0 Å². The molecule has 0 saturated heterocycles. The van der Waals surface area contributed by atoms with E-state index >= 15 is 0 Å². The normalized spacial score (nSPS) is 12.4. The molecule has 0 saturated carbocycles. The van der Waals surface area contributed by atoms with Gasteiger partial charge in [-0.25, -0.2) is 0 Å². The Hall–Kier alpha value is -6.64. The highest BCUT2D eigenvalue weighted by Crippen LogP contribution is 2.52. The summed E-state index contributed by atoms with van der Waals surface area (Å²) in [6, 6.07) is 57.1. The van der Waals surface area contributed by atoms with Gasteiger partial charge >= 0.3 is 0 Å². The van der Waals surface area contributed by atoms with Crippen LogP contribution < -0.4 is 0 Å². The number of fused-ring (bicyclic) bond motifs is 12. The van der Waals surface area contributed by atoms with E-state index in [-0.39, 0.29) is 0 Å². The Morgan fingerprint density at radius 3 is 1.46 bits per heavy atom. The van der Waals surface area contributed by atoms with Crippen LogP contribution in [0.25, 0.3) is 121 Å². The van der Waals surface area contributed by atoms with Crippen molar-refractivity contribution in [2.75, 3.05) is 0 Å². The van der Waals surface area contributed by atoms with Crippen molar-refractivity contribution in [2.45, 2.75) is 0 Å². The van der Waals surface area contributed by atoms with Crippen LogP contribution in [-0.4, -0.2) is 0 Å². The SMILES string of the molecule is c1ccc2c(c1)-c1cccc3c(-c4c5ccccc5c(-c5ccc6c(c5)oc5ccc7oc8ccccc8c7c56)c5ccccc45)ccc-2c13. The van der Waals surface area contributed by atoms with E-state index < -0.39 is 0 Å². The van der Waals surface area contributed by atoms with Gasteiger partial charge in [-0.15, -0.1) is 0 Å². The van der Waals surface area contributed by atoms with Gasteiger partial charge in [0.05, 0.1) is 0 Å². The molecule has 11 aromatic rings. The molecule has 2 aromatic heterocycles. The first-order chi connectivity index (χ1) is 24.8. The van der Waals surface area contributed by atoms with Gasteiger partial charge in [-0.1, -0.05) is 127 Å². The maximum absolute atomic E-state index is 6.62. The monoisotopic (exact) mass is 634 g/mol. The molecule has 2 nitrogen and oxygen atoms in total. The van der Waals surface area contributed by atoms with Crippen molar-refractivity contribution in [1.29, 1.82) is 0 Å². The fourth-order valence-corrected chi connectivity index (χ4v) is 8.99. The fraction of sp³-hybridized carbons (Fsp3) is 0. The van der Waals surface area contributed by atoms with Crippen molar-refractivity contribution in [2.24, 2.45) is 0 Å². The molecule has 0 unspecified atom stereocenters. The Bertz CT molecular complexity index is 3180. The molecule has 9 aromatic carbocycles. The van der Waals surface area contributed by atoms with Crippen LogP contribution in [0.2, 0.25) is 0 Å². The van der Waals surface area contributed by atoms with Crippen LogP contribution in [-0.2, 0) is 0 Å². The molecular formula is C48H26O2. The average Bonchev–Trinajstić information content (AvgIpc) is 3.84. The zero-order chi connectivity index (χ0) is 32.5. The Kier molecular flexibility index (Phi) is 5.00. The minimum Gasteiger partial charge on any atom is -0.456 e. The molecule has 1 aliphatic rings. The Balaban J connectivity index is 1.14. The van der Waals surface area contributed by atoms with Gasteiger partial charge in [0.15, 0.2) is 0 Å². The summed E-state index contributed by atoms with van der Waals surface area (Å²) in [5.41, 5.74) is 13.7. The quantitative estimate of drug-likeness (QED) is 0.177. The average molecular weight is 635 g/mol. The van der Waals surface area contributed by atoms with Gasteiger partial charge < -0.3 is 8.83 Å². The van der Waals surface area contributed by atoms with Crippen molar-refractivity contribution < 1.29 is 8.83 Å². The largest absolute Gasteiger partial charge is 0.456 e. The first-order valence-electron chi connectivity index (χ1n) is 17.2. The van der Waals surface area contributed by atoms with Gasteiger partial charge in [-0.2, -0.15) is 0 Å². The molecule has 0 radical (unpaired) electrons. The zero-order valence-electron chi connectivity index (χ0n) is 26.8. The van der Waals surface area contributed by atoms with Crippen LogP contribution in [0.4, 0.5) is 0 Å². The third-order valence-electron chi connectivity index (χ3n) is 11.0. The smallest absolute Gasteiger partial charge is 0.136 e. The molecule has 0 amide bonds. The van der Waals surface area contributed by atoms with Crippen molar-refractivity contribution in [3.63, 3.8) is 0 Å². The summed E-state index contributed by atoms with van der Waals surface area (Å²) >= 11 is 0. The number of furan rings is 2. The molecule has 50 heavy (non-hydrogen) atoms. The van der Waals surface area contributed by atoms with Gasteiger partial charge in [-0.05, 0) is 107 Å². The van der Waals surface area contributed by atoms with Crippen LogP contribution >= 0.6 is 0 Å². The second kappa shape index (κ2) is 9.49. The minimum atomic E-state index is 0.871. The lowest BCUT2D eigenvalue weighted by Crippen LogP contribution is -1.92. The standard InChI is InChI=1S/C48H26O2/c1-2-11-29-28(10-1)30-17-9-18-35-37(23-22-36(29)45(30)35)46-33-14-5-3-12-31(33)44(32-13-4-6-15-34(32)46)27-20-21-39-43(26-27)50-42-25-24-41-47(48(39)42)38-16-7-8-19-40(38)49-41/h1-26H. The van der Waals surface area contributed by atoms with Crippen molar-refractivity contribution >= 4 is 76.2 Å². The molecule has 0 aliphatic heterocycles. The van der Waals surface area contributed by atoms with Gasteiger partial charge in [0.1, 0.15) is 22.3 Å². The molecule has 0 bridgehead atoms. The third kappa shape index (κ3) is 3.32. The van der Waals surface area contributed by atoms with Crippen molar-refractivity contribution in [3.8, 4) is 44.5 Å². The number of hydrogen-bond donors (Lipinski definition) is 0. The highest BCUT2D eigenvalue weighted by Gasteiger charge is 2.25. The lowest BCUT2D eigenvalue weighted by molar-refractivity contribution is 0.663. The van der Waals surface area contributed by atoms with E-state index in [9.17, 15) is 0 Å². The molecule has 1 aliphatic carbocycles. The Labute approximate surface area is 286 Å². The second-order valence-electron chi connectivity index (χ2n) is 13.5. The summed E-state index contributed by atoms with van der Waals surface area (Å²) in [4.78, 5) is 0. The van der Waals surface area contributed by atoms with E-state index in [1.54, 1.807) is 0 Å². The molecular weight excluding hydrogens is 609 g/mol. The maximum Gasteiger partial charge on any atom is 0.136 e. The third-order valence-corrected chi connectivity index (χ3v) is 11.0. The van der Waals surface area contributed by atoms with E-state index in [0.717, 1.165) is 49.4 Å². The zero-order valence-corrected chi connectivity index (χ0v) is 26.8. The van der Waals surface area contributed by atoms with Gasteiger partial charge in [0, 0.05) is 21.5 Å². The summed E-state index contributed by atoms with van der Waals surface area (Å²) in [6.07, 6.45) is 0. The summed E-state index contributed by atoms with van der Waals surface area (Å²) in [5, 5.41) is 12.0. The van der Waals surface area contributed by atoms with E-state index in [1.165, 1.54) is 71.3 Å². The Morgan fingerprint density at radius 2 is 0.760 bits per heavy atom. The van der Waals surface area contributed by atoms with Gasteiger partial charge in [-0.3, -0.25) is 0 Å². The van der Waals surface area contributed by atoms with Crippen LogP contribution in [0, 0.1) is 0 Å². The fourth-order valence-electron chi connectivity index (χ4n) is 8.99. The van der Waals surface area contributed by atoms with Crippen LogP contribution in [0.1, 0.15) is 0 Å². The first-order valence-corrected chi connectivity index (χ1v) is 17.2. The predicted molar refractivity (Wildman–Crippen MR) is 209 cm³/mol. The molecule has 0 atom stereocenters. The van der Waals surface area contributed by atoms with Gasteiger partial charge in [0.2, 0.25) is 0 Å². The highest BCUT2D eigenvalue weighted by atomic mass is 16.3. The minimum absolute atomic E-state index is 0.871. The van der Waals surface area contributed by atoms with Gasteiger partial charge in [0.25, 0.3) is 0 Å². The second-order valence-corrected chi connectivity index (χ2v) is 13.5. The van der Waals surface area contributed by atoms with E-state index in [2.05, 4.69) is 133 Å². The molecule has 0 N–H and O–H groups in total. The molecule has 2 heterocycles. The van der Waals surface area contributed by atoms with E-state index in [0.29, 0.717) is 0 Å². The molecule has 12 rings (SSSR count). The predicted octanol–water partition coefficient (Wildman–Crippen LogP) is 13.9. The van der Waals surface area contributed by atoms with E-state index in [4.69, 9.17) is 8.83 Å². The number of benzene rings is 9. The summed E-state index contributed by atoms with van der Waals surface area (Å²) in [5.74, 6) is 0. The van der Waals surface area contributed by atoms with E-state index in [1.807, 2.05) is 24.3 Å². The lowest BCUT2D eigenvalue weighted by Gasteiger charge is -2.19. The number of hydrogen-bond acceptors (Lipinski definition) is 2. The van der Waals surface area contributed by atoms with Crippen molar-refractivity contribution in [1.82, 2.24) is 0 Å². The molecule has 230 valence electrons. The van der Waals surface area contributed by atoms with Crippen LogP contribution in [0.3, 0.4) is 0 Å². The summed E-state index contributed by atoms with van der Waals surface area (Å²) in [7, 11) is 0.